The minimum atomic E-state index is 0.502. The molecule has 0 aromatic carbocycles. The van der Waals surface area contributed by atoms with Crippen LogP contribution >= 0.6 is 11.3 Å². The van der Waals surface area contributed by atoms with Gasteiger partial charge < -0.3 is 5.32 Å². The Morgan fingerprint density at radius 3 is 2.75 bits per heavy atom. The standard InChI is InChI=1S/C14H23NS/c1-5-8-11(3)12(4)15-13(6-2)14-9-7-10-16-14/h5,7,9-13,15H,1,6,8H2,2-4H3. The summed E-state index contributed by atoms with van der Waals surface area (Å²) in [6.45, 7) is 10.6. The molecule has 0 spiro atoms. The summed E-state index contributed by atoms with van der Waals surface area (Å²) in [5.41, 5.74) is 0. The van der Waals surface area contributed by atoms with Gasteiger partial charge in [-0.25, -0.2) is 0 Å². The molecule has 1 heterocycles. The van der Waals surface area contributed by atoms with Crippen LogP contribution in [0.5, 0.6) is 0 Å². The summed E-state index contributed by atoms with van der Waals surface area (Å²) in [6, 6.07) is 5.38. The van der Waals surface area contributed by atoms with Crippen LogP contribution in [0.15, 0.2) is 30.2 Å². The zero-order valence-corrected chi connectivity index (χ0v) is 11.4. The molecule has 1 aromatic rings. The summed E-state index contributed by atoms with van der Waals surface area (Å²) in [5, 5.41) is 5.87. The number of rotatable bonds is 7. The van der Waals surface area contributed by atoms with Gasteiger partial charge in [0.2, 0.25) is 0 Å². The zero-order valence-electron chi connectivity index (χ0n) is 10.6. The molecule has 90 valence electrons. The lowest BCUT2D eigenvalue weighted by Gasteiger charge is -2.25. The Kier molecular flexibility index (Phi) is 5.78. The number of allylic oxidation sites excluding steroid dienone is 1. The molecule has 16 heavy (non-hydrogen) atoms. The van der Waals surface area contributed by atoms with Gasteiger partial charge in [-0.05, 0) is 37.1 Å². The summed E-state index contributed by atoms with van der Waals surface area (Å²) >= 11 is 1.84. The van der Waals surface area contributed by atoms with E-state index < -0.39 is 0 Å². The van der Waals surface area contributed by atoms with Crippen molar-refractivity contribution < 1.29 is 0 Å². The Hall–Kier alpha value is -0.600. The topological polar surface area (TPSA) is 12.0 Å². The van der Waals surface area contributed by atoms with Crippen LogP contribution in [0.4, 0.5) is 0 Å². The molecule has 3 atom stereocenters. The molecule has 0 aliphatic carbocycles. The van der Waals surface area contributed by atoms with Crippen molar-refractivity contribution >= 4 is 11.3 Å². The first-order valence-corrected chi connectivity index (χ1v) is 6.97. The van der Waals surface area contributed by atoms with Gasteiger partial charge in [-0.3, -0.25) is 0 Å². The lowest BCUT2D eigenvalue weighted by Crippen LogP contribution is -2.34. The normalized spacial score (nSPS) is 16.7. The number of hydrogen-bond acceptors (Lipinski definition) is 2. The van der Waals surface area contributed by atoms with Gasteiger partial charge in [0.05, 0.1) is 0 Å². The molecule has 1 nitrogen and oxygen atoms in total. The highest BCUT2D eigenvalue weighted by atomic mass is 32.1. The van der Waals surface area contributed by atoms with Crippen molar-refractivity contribution in [3.63, 3.8) is 0 Å². The molecule has 0 amide bonds. The third kappa shape index (κ3) is 3.76. The molecule has 0 saturated carbocycles. The maximum Gasteiger partial charge on any atom is 0.0414 e. The summed E-state index contributed by atoms with van der Waals surface area (Å²) in [4.78, 5) is 1.44. The van der Waals surface area contributed by atoms with E-state index in [1.165, 1.54) is 4.88 Å². The quantitative estimate of drug-likeness (QED) is 0.694. The lowest BCUT2D eigenvalue weighted by atomic mass is 9.98. The highest BCUT2D eigenvalue weighted by Crippen LogP contribution is 2.23. The average Bonchev–Trinajstić information content (AvgIpc) is 2.79. The minimum Gasteiger partial charge on any atom is -0.306 e. The van der Waals surface area contributed by atoms with Gasteiger partial charge in [0, 0.05) is 17.0 Å². The van der Waals surface area contributed by atoms with Crippen LogP contribution in [0.25, 0.3) is 0 Å². The highest BCUT2D eigenvalue weighted by molar-refractivity contribution is 7.10. The predicted octanol–water partition coefficient (Wildman–Crippen LogP) is 4.39. The zero-order chi connectivity index (χ0) is 12.0. The van der Waals surface area contributed by atoms with E-state index in [1.54, 1.807) is 0 Å². The molecule has 1 aromatic heterocycles. The van der Waals surface area contributed by atoms with Crippen molar-refractivity contribution in [3.05, 3.63) is 35.0 Å². The Morgan fingerprint density at radius 2 is 2.25 bits per heavy atom. The summed E-state index contributed by atoms with van der Waals surface area (Å²) in [6.07, 6.45) is 4.23. The van der Waals surface area contributed by atoms with E-state index in [0.29, 0.717) is 18.0 Å². The molecule has 0 aliphatic heterocycles. The Labute approximate surface area is 104 Å². The van der Waals surface area contributed by atoms with E-state index in [1.807, 2.05) is 17.4 Å². The Bertz CT molecular complexity index is 292. The third-order valence-electron chi connectivity index (χ3n) is 3.15. The molecule has 0 aliphatic rings. The maximum atomic E-state index is 3.81. The van der Waals surface area contributed by atoms with Gasteiger partial charge >= 0.3 is 0 Å². The molecule has 3 unspecified atom stereocenters. The van der Waals surface area contributed by atoms with E-state index in [9.17, 15) is 0 Å². The van der Waals surface area contributed by atoms with Crippen molar-refractivity contribution in [3.8, 4) is 0 Å². The first kappa shape index (κ1) is 13.5. The van der Waals surface area contributed by atoms with Gasteiger partial charge in [-0.2, -0.15) is 0 Å². The lowest BCUT2D eigenvalue weighted by molar-refractivity contribution is 0.357. The Balaban J connectivity index is 2.53. The number of thiophene rings is 1. The van der Waals surface area contributed by atoms with Gasteiger partial charge in [-0.1, -0.05) is 26.0 Å². The maximum absolute atomic E-state index is 3.81. The van der Waals surface area contributed by atoms with Crippen molar-refractivity contribution in [1.82, 2.24) is 5.32 Å². The van der Waals surface area contributed by atoms with Crippen LogP contribution < -0.4 is 5.32 Å². The first-order valence-electron chi connectivity index (χ1n) is 6.09. The fourth-order valence-electron chi connectivity index (χ4n) is 1.84. The monoisotopic (exact) mass is 237 g/mol. The van der Waals surface area contributed by atoms with Crippen LogP contribution in [0.3, 0.4) is 0 Å². The van der Waals surface area contributed by atoms with Gasteiger partial charge in [-0.15, -0.1) is 17.9 Å². The van der Waals surface area contributed by atoms with E-state index in [-0.39, 0.29) is 0 Å². The average molecular weight is 237 g/mol. The molecule has 0 fully saturated rings. The number of nitrogens with one attached hydrogen (secondary N) is 1. The molecule has 1 rings (SSSR count). The second-order valence-electron chi connectivity index (χ2n) is 4.43. The van der Waals surface area contributed by atoms with Crippen molar-refractivity contribution in [2.45, 2.75) is 45.7 Å². The molecule has 0 radical (unpaired) electrons. The third-order valence-corrected chi connectivity index (χ3v) is 4.14. The SMILES string of the molecule is C=CCC(C)C(C)NC(CC)c1cccs1. The Morgan fingerprint density at radius 1 is 1.50 bits per heavy atom. The van der Waals surface area contributed by atoms with Gasteiger partial charge in [0.1, 0.15) is 0 Å². The summed E-state index contributed by atoms with van der Waals surface area (Å²) in [5.74, 6) is 0.645. The fourth-order valence-corrected chi connectivity index (χ4v) is 2.71. The molecule has 1 N–H and O–H groups in total. The van der Waals surface area contributed by atoms with E-state index >= 15 is 0 Å². The summed E-state index contributed by atoms with van der Waals surface area (Å²) in [7, 11) is 0. The number of hydrogen-bond donors (Lipinski definition) is 1. The minimum absolute atomic E-state index is 0.502. The molecule has 0 bridgehead atoms. The first-order chi connectivity index (χ1) is 7.69. The smallest absolute Gasteiger partial charge is 0.0414 e. The van der Waals surface area contributed by atoms with Crippen molar-refractivity contribution in [2.24, 2.45) is 5.92 Å². The second kappa shape index (κ2) is 6.87. The van der Waals surface area contributed by atoms with E-state index in [4.69, 9.17) is 0 Å². The van der Waals surface area contributed by atoms with E-state index in [0.717, 1.165) is 12.8 Å². The largest absolute Gasteiger partial charge is 0.306 e. The van der Waals surface area contributed by atoms with Crippen LogP contribution in [0, 0.1) is 5.92 Å². The van der Waals surface area contributed by atoms with Gasteiger partial charge in [0.15, 0.2) is 0 Å². The van der Waals surface area contributed by atoms with Crippen LogP contribution in [-0.2, 0) is 0 Å². The summed E-state index contributed by atoms with van der Waals surface area (Å²) < 4.78 is 0. The highest BCUT2D eigenvalue weighted by Gasteiger charge is 2.16. The van der Waals surface area contributed by atoms with Crippen molar-refractivity contribution in [2.75, 3.05) is 0 Å². The predicted molar refractivity (Wildman–Crippen MR) is 73.9 cm³/mol. The molecular weight excluding hydrogens is 214 g/mol. The van der Waals surface area contributed by atoms with Crippen LogP contribution in [0.1, 0.15) is 44.5 Å². The molecule has 0 saturated heterocycles. The fraction of sp³-hybridized carbons (Fsp3) is 0.571. The molecular formula is C14H23NS. The van der Waals surface area contributed by atoms with E-state index in [2.05, 4.69) is 50.2 Å². The van der Waals surface area contributed by atoms with Crippen LogP contribution in [-0.4, -0.2) is 6.04 Å². The molecule has 2 heteroatoms. The van der Waals surface area contributed by atoms with Gasteiger partial charge in [0.25, 0.3) is 0 Å². The van der Waals surface area contributed by atoms with Crippen LogP contribution in [0.2, 0.25) is 0 Å². The van der Waals surface area contributed by atoms with Crippen molar-refractivity contribution in [1.29, 1.82) is 0 Å². The second-order valence-corrected chi connectivity index (χ2v) is 5.41.